The molecular weight excluding hydrogens is 354 g/mol. The van der Waals surface area contributed by atoms with Crippen molar-refractivity contribution in [1.82, 2.24) is 5.32 Å². The summed E-state index contributed by atoms with van der Waals surface area (Å²) < 4.78 is 0. The van der Waals surface area contributed by atoms with Crippen LogP contribution in [0, 0.1) is 0 Å². The molecule has 0 saturated carbocycles. The highest BCUT2D eigenvalue weighted by atomic mass is 35.5. The van der Waals surface area contributed by atoms with Crippen molar-refractivity contribution in [3.63, 3.8) is 0 Å². The summed E-state index contributed by atoms with van der Waals surface area (Å²) in [5.74, 6) is -0.261. The van der Waals surface area contributed by atoms with Crippen molar-refractivity contribution in [3.05, 3.63) is 35.9 Å². The largest absolute Gasteiger partial charge is 0.475 e. The fourth-order valence-corrected chi connectivity index (χ4v) is 2.66. The highest BCUT2D eigenvalue weighted by Crippen LogP contribution is 2.10. The molecule has 0 spiro atoms. The van der Waals surface area contributed by atoms with E-state index in [0.29, 0.717) is 25.2 Å². The van der Waals surface area contributed by atoms with Crippen LogP contribution < -0.4 is 11.1 Å². The van der Waals surface area contributed by atoms with Crippen LogP contribution >= 0.6 is 12.4 Å². The fraction of sp³-hybridized carbons (Fsp3) is 0.471. The summed E-state index contributed by atoms with van der Waals surface area (Å²) in [6, 6.07) is 9.59. The van der Waals surface area contributed by atoms with E-state index in [-0.39, 0.29) is 30.8 Å². The lowest BCUT2D eigenvalue weighted by atomic mass is 9.76. The number of rotatable bonds is 10. The average Bonchev–Trinajstić information content (AvgIpc) is 3.01. The quantitative estimate of drug-likeness (QED) is 0.349. The molecule has 0 bridgehead atoms. The van der Waals surface area contributed by atoms with E-state index >= 15 is 0 Å². The van der Waals surface area contributed by atoms with Gasteiger partial charge in [-0.3, -0.25) is 9.79 Å². The number of halogens is 1. The van der Waals surface area contributed by atoms with Gasteiger partial charge in [-0.2, -0.15) is 0 Å². The highest BCUT2D eigenvalue weighted by molar-refractivity contribution is 6.43. The van der Waals surface area contributed by atoms with E-state index in [2.05, 4.69) is 15.3 Å². The monoisotopic (exact) mass is 380 g/mol. The molecule has 0 fully saturated rings. The molecule has 0 saturated heterocycles. The second-order valence-corrected chi connectivity index (χ2v) is 6.13. The zero-order chi connectivity index (χ0) is 18.1. The lowest BCUT2D eigenvalue weighted by Gasteiger charge is -2.18. The number of amidine groups is 1. The van der Waals surface area contributed by atoms with Crippen molar-refractivity contribution < 1.29 is 14.8 Å². The minimum atomic E-state index is -1.59. The third kappa shape index (κ3) is 7.66. The first-order valence-electron chi connectivity index (χ1n) is 8.59. The lowest BCUT2D eigenvalue weighted by Crippen LogP contribution is -2.47. The number of benzene rings is 1. The molecule has 1 aliphatic rings. The number of aliphatic imine (C=N–C) groups is 2. The minimum Gasteiger partial charge on any atom is -0.426 e. The van der Waals surface area contributed by atoms with Gasteiger partial charge in [-0.25, -0.2) is 4.99 Å². The topological polar surface area (TPSA) is 120 Å². The van der Waals surface area contributed by atoms with Gasteiger partial charge in [0.2, 0.25) is 5.91 Å². The summed E-state index contributed by atoms with van der Waals surface area (Å²) in [4.78, 5) is 20.8. The van der Waals surface area contributed by atoms with E-state index in [1.807, 2.05) is 30.3 Å². The van der Waals surface area contributed by atoms with Crippen LogP contribution in [0.3, 0.4) is 0 Å². The number of hydrogen-bond acceptors (Lipinski definition) is 6. The number of carbonyl (C=O) groups excluding carboxylic acids is 1. The number of carbonyl (C=O) groups is 1. The van der Waals surface area contributed by atoms with Crippen LogP contribution in [0.1, 0.15) is 31.2 Å². The van der Waals surface area contributed by atoms with Gasteiger partial charge in [-0.05, 0) is 24.9 Å². The van der Waals surface area contributed by atoms with Crippen molar-refractivity contribution in [1.29, 1.82) is 0 Å². The number of nitrogens with one attached hydrogen (secondary N) is 1. The first-order valence-corrected chi connectivity index (χ1v) is 8.59. The minimum absolute atomic E-state index is 0. The van der Waals surface area contributed by atoms with E-state index in [0.717, 1.165) is 18.4 Å². The molecular formula is C17H26BClN4O3. The molecule has 0 aromatic heterocycles. The molecule has 0 aliphatic carbocycles. The third-order valence-corrected chi connectivity index (χ3v) is 3.99. The van der Waals surface area contributed by atoms with Crippen LogP contribution in [-0.4, -0.2) is 53.7 Å². The van der Waals surface area contributed by atoms with Gasteiger partial charge in [0.1, 0.15) is 5.84 Å². The van der Waals surface area contributed by atoms with Crippen molar-refractivity contribution in [2.75, 3.05) is 6.54 Å². The van der Waals surface area contributed by atoms with E-state index in [4.69, 9.17) is 5.73 Å². The second kappa shape index (κ2) is 11.8. The first-order chi connectivity index (χ1) is 12.1. The Labute approximate surface area is 160 Å². The summed E-state index contributed by atoms with van der Waals surface area (Å²) in [6.07, 6.45) is 4.41. The molecule has 7 nitrogen and oxygen atoms in total. The van der Waals surface area contributed by atoms with Crippen molar-refractivity contribution in [2.45, 2.75) is 44.1 Å². The van der Waals surface area contributed by atoms with Crippen LogP contribution in [0.2, 0.25) is 0 Å². The Morgan fingerprint density at radius 2 is 2.00 bits per heavy atom. The number of nitrogens with zero attached hydrogens (tertiary/aromatic N) is 2. The summed E-state index contributed by atoms with van der Waals surface area (Å²) in [7, 11) is -1.59. The number of hydrogen-bond donors (Lipinski definition) is 4. The molecule has 2 atom stereocenters. The molecule has 1 unspecified atom stereocenters. The third-order valence-electron chi connectivity index (χ3n) is 3.99. The molecule has 142 valence electrons. The normalized spacial score (nSPS) is 16.6. The van der Waals surface area contributed by atoms with Gasteiger partial charge < -0.3 is 21.1 Å². The molecule has 1 aromatic carbocycles. The SMILES string of the molecule is Cl.NCCCC[C@H](NC(=O)CC1C=NC(Cc2ccccc2)=N1)B(O)O. The van der Waals surface area contributed by atoms with Gasteiger partial charge in [0.15, 0.2) is 0 Å². The predicted octanol–water partition coefficient (Wildman–Crippen LogP) is 0.518. The maximum atomic E-state index is 12.1. The van der Waals surface area contributed by atoms with Gasteiger partial charge in [-0.1, -0.05) is 36.8 Å². The van der Waals surface area contributed by atoms with Crippen LogP contribution in [0.15, 0.2) is 40.3 Å². The molecule has 5 N–H and O–H groups in total. The molecule has 1 aromatic rings. The smallest absolute Gasteiger partial charge is 0.426 e. The Morgan fingerprint density at radius 1 is 1.27 bits per heavy atom. The van der Waals surface area contributed by atoms with Crippen molar-refractivity contribution >= 4 is 37.5 Å². The Hall–Kier alpha value is -1.74. The first kappa shape index (κ1) is 22.3. The van der Waals surface area contributed by atoms with E-state index in [1.54, 1.807) is 6.21 Å². The molecule has 1 heterocycles. The van der Waals surface area contributed by atoms with E-state index < -0.39 is 13.1 Å². The molecule has 2 rings (SSSR count). The Balaban J connectivity index is 0.00000338. The maximum absolute atomic E-state index is 12.1. The Kier molecular flexibility index (Phi) is 10.1. The zero-order valence-corrected chi connectivity index (χ0v) is 15.4. The molecule has 1 amide bonds. The van der Waals surface area contributed by atoms with Crippen LogP contribution in [0.4, 0.5) is 0 Å². The van der Waals surface area contributed by atoms with Crippen LogP contribution in [0.5, 0.6) is 0 Å². The van der Waals surface area contributed by atoms with E-state index in [9.17, 15) is 14.8 Å². The maximum Gasteiger partial charge on any atom is 0.475 e. The predicted molar refractivity (Wildman–Crippen MR) is 107 cm³/mol. The summed E-state index contributed by atoms with van der Waals surface area (Å²) in [6.45, 7) is 0.541. The zero-order valence-electron chi connectivity index (χ0n) is 14.6. The van der Waals surface area contributed by atoms with E-state index in [1.165, 1.54) is 0 Å². The van der Waals surface area contributed by atoms with Crippen molar-refractivity contribution in [2.24, 2.45) is 15.7 Å². The van der Waals surface area contributed by atoms with Gasteiger partial charge in [0.25, 0.3) is 0 Å². The Bertz CT molecular complexity index is 613. The van der Waals surface area contributed by atoms with Gasteiger partial charge in [-0.15, -0.1) is 12.4 Å². The molecule has 9 heteroatoms. The summed E-state index contributed by atoms with van der Waals surface area (Å²) >= 11 is 0. The van der Waals surface area contributed by atoms with Crippen LogP contribution in [0.25, 0.3) is 0 Å². The van der Waals surface area contributed by atoms with Crippen molar-refractivity contribution in [3.8, 4) is 0 Å². The van der Waals surface area contributed by atoms with Gasteiger partial charge in [0, 0.05) is 12.6 Å². The van der Waals surface area contributed by atoms with Crippen LogP contribution in [-0.2, 0) is 11.2 Å². The second-order valence-electron chi connectivity index (χ2n) is 6.13. The lowest BCUT2D eigenvalue weighted by molar-refractivity contribution is -0.121. The fourth-order valence-electron chi connectivity index (χ4n) is 2.66. The van der Waals surface area contributed by atoms with Gasteiger partial charge in [0.05, 0.1) is 18.4 Å². The molecule has 1 aliphatic heterocycles. The Morgan fingerprint density at radius 3 is 2.65 bits per heavy atom. The summed E-state index contributed by atoms with van der Waals surface area (Å²) in [5, 5.41) is 21.4. The molecule has 26 heavy (non-hydrogen) atoms. The summed E-state index contributed by atoms with van der Waals surface area (Å²) in [5.41, 5.74) is 6.55. The number of nitrogens with two attached hydrogens (primary N) is 1. The number of unbranched alkanes of at least 4 members (excludes halogenated alkanes) is 1. The highest BCUT2D eigenvalue weighted by Gasteiger charge is 2.26. The molecule has 0 radical (unpaired) electrons. The average molecular weight is 381 g/mol. The van der Waals surface area contributed by atoms with Gasteiger partial charge >= 0.3 is 7.12 Å². The number of amides is 1. The standard InChI is InChI=1S/C17H25BN4O3.ClH/c19-9-5-4-8-15(18(24)25)22-17(23)11-14-12-20-16(21-14)10-13-6-2-1-3-7-13;/h1-3,6-7,12,14-15,24-25H,4-5,8-11,19H2,(H,22,23);1H/t14?,15-;/m0./s1.